The Morgan fingerprint density at radius 1 is 1.53 bits per heavy atom. The molecule has 1 aromatic rings. The van der Waals surface area contributed by atoms with Crippen molar-refractivity contribution >= 4 is 16.0 Å². The van der Waals surface area contributed by atoms with E-state index in [1.165, 1.54) is 6.08 Å². The van der Waals surface area contributed by atoms with E-state index in [2.05, 4.69) is 16.0 Å². The molecule has 0 spiro atoms. The molecule has 19 heavy (non-hydrogen) atoms. The number of ether oxygens (including phenoxy) is 1. The van der Waals surface area contributed by atoms with Crippen molar-refractivity contribution in [3.05, 3.63) is 42.2 Å². The minimum Gasteiger partial charge on any atom is -0.465 e. The highest BCUT2D eigenvalue weighted by molar-refractivity contribution is 7.89. The summed E-state index contributed by atoms with van der Waals surface area (Å²) in [5, 5.41) is 0. The van der Waals surface area contributed by atoms with Crippen molar-refractivity contribution in [3.8, 4) is 0 Å². The maximum Gasteiger partial charge on any atom is 0.339 e. The Labute approximate surface area is 111 Å². The zero-order valence-electron chi connectivity index (χ0n) is 10.3. The fourth-order valence-corrected chi connectivity index (χ4v) is 2.62. The molecule has 5 nitrogen and oxygen atoms in total. The van der Waals surface area contributed by atoms with E-state index in [9.17, 15) is 17.6 Å². The molecule has 1 rings (SSSR count). The predicted octanol–water partition coefficient (Wildman–Crippen LogP) is 1.47. The van der Waals surface area contributed by atoms with E-state index in [0.717, 1.165) is 25.3 Å². The van der Waals surface area contributed by atoms with Gasteiger partial charge in [0.05, 0.1) is 17.6 Å². The van der Waals surface area contributed by atoms with Gasteiger partial charge < -0.3 is 4.74 Å². The quantitative estimate of drug-likeness (QED) is 0.488. The molecule has 0 amide bonds. The molecule has 1 aromatic carbocycles. The fourth-order valence-electron chi connectivity index (χ4n) is 1.37. The van der Waals surface area contributed by atoms with Crippen molar-refractivity contribution in [1.29, 1.82) is 0 Å². The van der Waals surface area contributed by atoms with Crippen LogP contribution in [0.4, 0.5) is 4.39 Å². The van der Waals surface area contributed by atoms with Gasteiger partial charge in [0.1, 0.15) is 5.82 Å². The molecule has 1 N–H and O–H groups in total. The number of sulfonamides is 1. The van der Waals surface area contributed by atoms with Crippen LogP contribution < -0.4 is 4.72 Å². The van der Waals surface area contributed by atoms with Crippen LogP contribution in [-0.4, -0.2) is 28.0 Å². The summed E-state index contributed by atoms with van der Waals surface area (Å²) < 4.78 is 43.9. The molecular formula is C12H14FNO4S. The molecule has 0 saturated carbocycles. The lowest BCUT2D eigenvalue weighted by atomic mass is 10.2. The van der Waals surface area contributed by atoms with Crippen LogP contribution in [0, 0.1) is 5.82 Å². The van der Waals surface area contributed by atoms with Gasteiger partial charge in [-0.05, 0) is 24.6 Å². The second kappa shape index (κ2) is 6.44. The number of benzene rings is 1. The van der Waals surface area contributed by atoms with Crippen LogP contribution in [0.5, 0.6) is 0 Å². The number of rotatable bonds is 6. The van der Waals surface area contributed by atoms with Gasteiger partial charge in [-0.25, -0.2) is 22.3 Å². The summed E-state index contributed by atoms with van der Waals surface area (Å²) in [4.78, 5) is 11.0. The number of hydrogen-bond donors (Lipinski definition) is 1. The number of carbonyl (C=O) groups excluding carboxylic acids is 1. The topological polar surface area (TPSA) is 72.5 Å². The molecule has 0 fully saturated rings. The first-order valence-corrected chi connectivity index (χ1v) is 6.89. The molecule has 0 heterocycles. The van der Waals surface area contributed by atoms with Gasteiger partial charge in [0.25, 0.3) is 0 Å². The van der Waals surface area contributed by atoms with Gasteiger partial charge >= 0.3 is 5.97 Å². The molecule has 0 radical (unpaired) electrons. The van der Waals surface area contributed by atoms with Crippen LogP contribution in [0.25, 0.3) is 0 Å². The summed E-state index contributed by atoms with van der Waals surface area (Å²) in [7, 11) is -2.86. The normalized spacial score (nSPS) is 11.1. The van der Waals surface area contributed by atoms with Crippen molar-refractivity contribution in [3.63, 3.8) is 0 Å². The maximum atomic E-state index is 13.2. The molecule has 0 bridgehead atoms. The van der Waals surface area contributed by atoms with Gasteiger partial charge in [-0.1, -0.05) is 6.08 Å². The van der Waals surface area contributed by atoms with E-state index >= 15 is 0 Å². The summed E-state index contributed by atoms with van der Waals surface area (Å²) in [5.41, 5.74) is -0.213. The first-order valence-electron chi connectivity index (χ1n) is 5.41. The van der Waals surface area contributed by atoms with Gasteiger partial charge in [0.2, 0.25) is 10.0 Å². The Kier molecular flexibility index (Phi) is 5.20. The average molecular weight is 287 g/mol. The zero-order chi connectivity index (χ0) is 14.5. The van der Waals surface area contributed by atoms with Crippen molar-refractivity contribution in [2.75, 3.05) is 13.7 Å². The molecule has 104 valence electrons. The second-order valence-corrected chi connectivity index (χ2v) is 5.34. The van der Waals surface area contributed by atoms with Crippen LogP contribution in [0.3, 0.4) is 0 Å². The van der Waals surface area contributed by atoms with E-state index < -0.39 is 26.7 Å². The van der Waals surface area contributed by atoms with E-state index in [4.69, 9.17) is 0 Å². The molecule has 0 atom stereocenters. The summed E-state index contributed by atoms with van der Waals surface area (Å²) in [6.07, 6.45) is 1.96. The first-order chi connectivity index (χ1) is 8.92. The maximum absolute atomic E-state index is 13.2. The SMILES string of the molecule is C=CCCNS(=O)(=O)c1cc(F)ccc1C(=O)OC. The van der Waals surface area contributed by atoms with Gasteiger partial charge in [-0.2, -0.15) is 0 Å². The summed E-state index contributed by atoms with van der Waals surface area (Å²) in [6.45, 7) is 3.57. The van der Waals surface area contributed by atoms with Gasteiger partial charge in [0, 0.05) is 6.54 Å². The lowest BCUT2D eigenvalue weighted by molar-refractivity contribution is 0.0596. The Bertz CT molecular complexity index is 583. The largest absolute Gasteiger partial charge is 0.465 e. The Balaban J connectivity index is 3.20. The van der Waals surface area contributed by atoms with Crippen LogP contribution in [0.1, 0.15) is 16.8 Å². The van der Waals surface area contributed by atoms with E-state index in [1.54, 1.807) is 0 Å². The van der Waals surface area contributed by atoms with Crippen molar-refractivity contribution < 1.29 is 22.3 Å². The van der Waals surface area contributed by atoms with Crippen molar-refractivity contribution in [2.24, 2.45) is 0 Å². The molecule has 0 aliphatic carbocycles. The van der Waals surface area contributed by atoms with Gasteiger partial charge in [-0.3, -0.25) is 0 Å². The summed E-state index contributed by atoms with van der Waals surface area (Å²) in [5.74, 6) is -1.60. The van der Waals surface area contributed by atoms with Gasteiger partial charge in [-0.15, -0.1) is 6.58 Å². The van der Waals surface area contributed by atoms with Gasteiger partial charge in [0.15, 0.2) is 0 Å². The minimum atomic E-state index is -3.98. The van der Waals surface area contributed by atoms with Crippen LogP contribution in [-0.2, 0) is 14.8 Å². The third-order valence-corrected chi connectivity index (χ3v) is 3.78. The lowest BCUT2D eigenvalue weighted by Gasteiger charge is -2.10. The van der Waals surface area contributed by atoms with Crippen LogP contribution in [0.2, 0.25) is 0 Å². The number of hydrogen-bond acceptors (Lipinski definition) is 4. The highest BCUT2D eigenvalue weighted by Crippen LogP contribution is 2.18. The average Bonchev–Trinajstić information content (AvgIpc) is 2.38. The Morgan fingerprint density at radius 3 is 2.79 bits per heavy atom. The fraction of sp³-hybridized carbons (Fsp3) is 0.250. The molecule has 0 aliphatic heterocycles. The molecule has 0 aliphatic rings. The van der Waals surface area contributed by atoms with Crippen molar-refractivity contribution in [2.45, 2.75) is 11.3 Å². The van der Waals surface area contributed by atoms with Crippen LogP contribution >= 0.6 is 0 Å². The molecular weight excluding hydrogens is 273 g/mol. The Hall–Kier alpha value is -1.73. The standard InChI is InChI=1S/C12H14FNO4S/c1-3-4-7-14-19(16,17)11-8-9(13)5-6-10(11)12(15)18-2/h3,5-6,8,14H,1,4,7H2,2H3. The van der Waals surface area contributed by atoms with E-state index in [-0.39, 0.29) is 12.1 Å². The van der Waals surface area contributed by atoms with Crippen molar-refractivity contribution in [1.82, 2.24) is 4.72 Å². The zero-order valence-corrected chi connectivity index (χ0v) is 11.2. The number of esters is 1. The highest BCUT2D eigenvalue weighted by Gasteiger charge is 2.23. The number of methoxy groups -OCH3 is 1. The smallest absolute Gasteiger partial charge is 0.339 e. The monoisotopic (exact) mass is 287 g/mol. The molecule has 0 aromatic heterocycles. The summed E-state index contributed by atoms with van der Waals surface area (Å²) >= 11 is 0. The van der Waals surface area contributed by atoms with E-state index in [0.29, 0.717) is 6.42 Å². The molecule has 0 unspecified atom stereocenters. The third-order valence-electron chi connectivity index (χ3n) is 2.28. The minimum absolute atomic E-state index is 0.114. The highest BCUT2D eigenvalue weighted by atomic mass is 32.2. The molecule has 7 heteroatoms. The van der Waals surface area contributed by atoms with E-state index in [1.807, 2.05) is 0 Å². The number of halogens is 1. The third kappa shape index (κ3) is 3.87. The second-order valence-electron chi connectivity index (χ2n) is 3.61. The van der Waals surface area contributed by atoms with Crippen LogP contribution in [0.15, 0.2) is 35.7 Å². The Morgan fingerprint density at radius 2 is 2.21 bits per heavy atom. The first kappa shape index (κ1) is 15.3. The lowest BCUT2D eigenvalue weighted by Crippen LogP contribution is -2.26. The number of nitrogens with one attached hydrogen (secondary N) is 1. The molecule has 0 saturated heterocycles. The summed E-state index contributed by atoms with van der Waals surface area (Å²) in [6, 6.07) is 2.85. The predicted molar refractivity (Wildman–Crippen MR) is 67.7 cm³/mol. The number of carbonyl (C=O) groups is 1.